The molecule has 0 aromatic heterocycles. The standard InChI is InChI=1S/C23H34N2O6/c1-5-14-31-19-9-8-18(15-20(19)29-6-2)22(27)24(4)16-21(26)25-12-10-17(11-13-25)23(28)30-7-3/h8-9,15,17H,5-7,10-14,16H2,1-4H3. The van der Waals surface area contributed by atoms with Gasteiger partial charge in [-0.05, 0) is 51.3 Å². The van der Waals surface area contributed by atoms with Gasteiger partial charge in [0.15, 0.2) is 11.5 Å². The van der Waals surface area contributed by atoms with Crippen LogP contribution in [0.3, 0.4) is 0 Å². The molecule has 1 fully saturated rings. The van der Waals surface area contributed by atoms with E-state index in [0.29, 0.717) is 62.8 Å². The fourth-order valence-corrected chi connectivity index (χ4v) is 3.46. The molecule has 2 rings (SSSR count). The molecule has 1 aliphatic rings. The molecule has 0 saturated carbocycles. The Morgan fingerprint density at radius 1 is 1.03 bits per heavy atom. The van der Waals surface area contributed by atoms with Crippen LogP contribution in [0.4, 0.5) is 0 Å². The fourth-order valence-electron chi connectivity index (χ4n) is 3.46. The highest BCUT2D eigenvalue weighted by Gasteiger charge is 2.29. The van der Waals surface area contributed by atoms with Gasteiger partial charge in [0.05, 0.1) is 32.3 Å². The largest absolute Gasteiger partial charge is 0.490 e. The zero-order chi connectivity index (χ0) is 22.8. The normalized spacial score (nSPS) is 14.1. The lowest BCUT2D eigenvalue weighted by Crippen LogP contribution is -2.45. The van der Waals surface area contributed by atoms with Crippen molar-refractivity contribution in [1.29, 1.82) is 0 Å². The van der Waals surface area contributed by atoms with Gasteiger partial charge in [-0.25, -0.2) is 0 Å². The number of likely N-dealkylation sites (N-methyl/N-ethyl adjacent to an activating group) is 1. The number of likely N-dealkylation sites (tertiary alicyclic amines) is 1. The first kappa shape index (κ1) is 24.5. The molecular weight excluding hydrogens is 400 g/mol. The maximum absolute atomic E-state index is 12.9. The van der Waals surface area contributed by atoms with Crippen LogP contribution in [0.25, 0.3) is 0 Å². The van der Waals surface area contributed by atoms with Crippen molar-refractivity contribution in [2.45, 2.75) is 40.0 Å². The first-order valence-electron chi connectivity index (χ1n) is 11.0. The summed E-state index contributed by atoms with van der Waals surface area (Å²) in [5, 5.41) is 0. The summed E-state index contributed by atoms with van der Waals surface area (Å²) in [5.41, 5.74) is 0.434. The van der Waals surface area contributed by atoms with Crippen LogP contribution < -0.4 is 9.47 Å². The summed E-state index contributed by atoms with van der Waals surface area (Å²) in [6.07, 6.45) is 2.03. The highest BCUT2D eigenvalue weighted by Crippen LogP contribution is 2.29. The number of nitrogens with zero attached hydrogens (tertiary/aromatic N) is 2. The second-order valence-corrected chi connectivity index (χ2v) is 7.51. The highest BCUT2D eigenvalue weighted by atomic mass is 16.5. The molecule has 0 atom stereocenters. The molecule has 1 heterocycles. The van der Waals surface area contributed by atoms with Crippen LogP contribution in [0, 0.1) is 5.92 Å². The summed E-state index contributed by atoms with van der Waals surface area (Å²) in [6, 6.07) is 5.06. The van der Waals surface area contributed by atoms with Gasteiger partial charge in [0.1, 0.15) is 0 Å². The molecule has 1 aliphatic heterocycles. The Bertz CT molecular complexity index is 758. The number of ether oxygens (including phenoxy) is 3. The summed E-state index contributed by atoms with van der Waals surface area (Å²) < 4.78 is 16.4. The van der Waals surface area contributed by atoms with E-state index in [0.717, 1.165) is 6.42 Å². The Balaban J connectivity index is 1.95. The maximum atomic E-state index is 12.9. The van der Waals surface area contributed by atoms with Crippen molar-refractivity contribution in [2.75, 3.05) is 46.5 Å². The lowest BCUT2D eigenvalue weighted by molar-refractivity contribution is -0.151. The molecule has 31 heavy (non-hydrogen) atoms. The van der Waals surface area contributed by atoms with E-state index >= 15 is 0 Å². The number of piperidine rings is 1. The third kappa shape index (κ3) is 6.87. The van der Waals surface area contributed by atoms with Gasteiger partial charge in [0.25, 0.3) is 5.91 Å². The van der Waals surface area contributed by atoms with E-state index < -0.39 is 0 Å². The molecule has 2 amide bonds. The Kier molecular flexibility index (Phi) is 9.62. The van der Waals surface area contributed by atoms with Gasteiger partial charge in [-0.1, -0.05) is 6.92 Å². The van der Waals surface area contributed by atoms with E-state index in [9.17, 15) is 14.4 Å². The molecule has 1 saturated heterocycles. The monoisotopic (exact) mass is 434 g/mol. The summed E-state index contributed by atoms with van der Waals surface area (Å²) in [7, 11) is 1.60. The van der Waals surface area contributed by atoms with Crippen molar-refractivity contribution in [2.24, 2.45) is 5.92 Å². The van der Waals surface area contributed by atoms with Gasteiger partial charge >= 0.3 is 5.97 Å². The zero-order valence-electron chi connectivity index (χ0n) is 19.0. The predicted octanol–water partition coefficient (Wildman–Crippen LogP) is 2.75. The van der Waals surface area contributed by atoms with E-state index in [2.05, 4.69) is 0 Å². The van der Waals surface area contributed by atoms with Gasteiger partial charge in [0, 0.05) is 25.7 Å². The molecule has 0 spiro atoms. The van der Waals surface area contributed by atoms with Gasteiger partial charge in [-0.2, -0.15) is 0 Å². The molecule has 1 aromatic carbocycles. The summed E-state index contributed by atoms with van der Waals surface area (Å²) in [4.78, 5) is 40.5. The lowest BCUT2D eigenvalue weighted by atomic mass is 9.97. The minimum Gasteiger partial charge on any atom is -0.490 e. The van der Waals surface area contributed by atoms with Gasteiger partial charge in [0.2, 0.25) is 5.91 Å². The minimum atomic E-state index is -0.266. The van der Waals surface area contributed by atoms with E-state index in [1.807, 2.05) is 13.8 Å². The van der Waals surface area contributed by atoms with E-state index in [-0.39, 0.29) is 30.2 Å². The topological polar surface area (TPSA) is 85.4 Å². The first-order chi connectivity index (χ1) is 14.9. The number of amides is 2. The van der Waals surface area contributed by atoms with Crippen LogP contribution in [0.2, 0.25) is 0 Å². The Hall–Kier alpha value is -2.77. The third-order valence-electron chi connectivity index (χ3n) is 5.14. The van der Waals surface area contributed by atoms with Crippen LogP contribution in [0.15, 0.2) is 18.2 Å². The van der Waals surface area contributed by atoms with Crippen molar-refractivity contribution in [3.63, 3.8) is 0 Å². The van der Waals surface area contributed by atoms with Crippen molar-refractivity contribution >= 4 is 17.8 Å². The second kappa shape index (κ2) is 12.2. The Morgan fingerprint density at radius 2 is 1.74 bits per heavy atom. The predicted molar refractivity (Wildman–Crippen MR) is 116 cm³/mol. The average Bonchev–Trinajstić information content (AvgIpc) is 2.78. The van der Waals surface area contributed by atoms with Gasteiger partial charge in [-0.3, -0.25) is 14.4 Å². The quantitative estimate of drug-likeness (QED) is 0.527. The second-order valence-electron chi connectivity index (χ2n) is 7.51. The van der Waals surface area contributed by atoms with Gasteiger partial charge in [-0.15, -0.1) is 0 Å². The van der Waals surface area contributed by atoms with Crippen LogP contribution in [0.5, 0.6) is 11.5 Å². The number of hydrogen-bond acceptors (Lipinski definition) is 6. The highest BCUT2D eigenvalue weighted by molar-refractivity contribution is 5.97. The average molecular weight is 435 g/mol. The third-order valence-corrected chi connectivity index (χ3v) is 5.14. The lowest BCUT2D eigenvalue weighted by Gasteiger charge is -2.32. The molecule has 0 bridgehead atoms. The van der Waals surface area contributed by atoms with Crippen LogP contribution >= 0.6 is 0 Å². The van der Waals surface area contributed by atoms with E-state index in [4.69, 9.17) is 14.2 Å². The summed E-state index contributed by atoms with van der Waals surface area (Å²) >= 11 is 0. The van der Waals surface area contributed by atoms with Crippen LogP contribution in [-0.2, 0) is 14.3 Å². The molecule has 0 N–H and O–H groups in total. The SMILES string of the molecule is CCCOc1ccc(C(=O)N(C)CC(=O)N2CCC(C(=O)OCC)CC2)cc1OCC. The summed E-state index contributed by atoms with van der Waals surface area (Å²) in [6.45, 7) is 8.00. The van der Waals surface area contributed by atoms with E-state index in [1.54, 1.807) is 37.1 Å². The van der Waals surface area contributed by atoms with Crippen molar-refractivity contribution < 1.29 is 28.6 Å². The Labute approximate surface area is 184 Å². The molecule has 0 radical (unpaired) electrons. The molecule has 0 unspecified atom stereocenters. The molecular formula is C23H34N2O6. The number of carbonyl (C=O) groups excluding carboxylic acids is 3. The van der Waals surface area contributed by atoms with Crippen LogP contribution in [-0.4, -0.2) is 74.1 Å². The van der Waals surface area contributed by atoms with Crippen molar-refractivity contribution in [1.82, 2.24) is 9.80 Å². The van der Waals surface area contributed by atoms with Crippen molar-refractivity contribution in [3.8, 4) is 11.5 Å². The molecule has 8 heteroatoms. The number of esters is 1. The number of benzene rings is 1. The molecule has 0 aliphatic carbocycles. The summed E-state index contributed by atoms with van der Waals surface area (Å²) in [5.74, 6) is 0.363. The maximum Gasteiger partial charge on any atom is 0.309 e. The smallest absolute Gasteiger partial charge is 0.309 e. The van der Waals surface area contributed by atoms with Crippen LogP contribution in [0.1, 0.15) is 50.4 Å². The minimum absolute atomic E-state index is 0.0268. The Morgan fingerprint density at radius 3 is 2.35 bits per heavy atom. The zero-order valence-corrected chi connectivity index (χ0v) is 19.0. The fraction of sp³-hybridized carbons (Fsp3) is 0.609. The van der Waals surface area contributed by atoms with E-state index in [1.165, 1.54) is 4.90 Å². The number of rotatable bonds is 10. The first-order valence-corrected chi connectivity index (χ1v) is 11.0. The molecule has 172 valence electrons. The number of hydrogen-bond donors (Lipinski definition) is 0. The molecule has 8 nitrogen and oxygen atoms in total. The number of carbonyl (C=O) groups is 3. The van der Waals surface area contributed by atoms with Crippen molar-refractivity contribution in [3.05, 3.63) is 23.8 Å². The van der Waals surface area contributed by atoms with Gasteiger partial charge < -0.3 is 24.0 Å². The molecule has 1 aromatic rings.